The highest BCUT2D eigenvalue weighted by Crippen LogP contribution is 2.12. The Morgan fingerprint density at radius 1 is 1.29 bits per heavy atom. The van der Waals surface area contributed by atoms with Crippen molar-refractivity contribution in [3.8, 4) is 0 Å². The first-order chi connectivity index (χ1) is 10.1. The molecule has 0 aliphatic heterocycles. The maximum atomic E-state index is 11.9. The van der Waals surface area contributed by atoms with E-state index in [4.69, 9.17) is 15.2 Å². The number of hydrogen-bond acceptors (Lipinski definition) is 4. The van der Waals surface area contributed by atoms with E-state index in [2.05, 4.69) is 40.1 Å². The summed E-state index contributed by atoms with van der Waals surface area (Å²) in [6.07, 6.45) is 2.73. The fourth-order valence-electron chi connectivity index (χ4n) is 1.63. The average molecular weight is 419 g/mol. The number of nitrogens with two attached hydrogens (primary N) is 1. The molecule has 0 aromatic carbocycles. The van der Waals surface area contributed by atoms with E-state index in [1.165, 1.54) is 0 Å². The molecule has 0 fully saturated rings. The third kappa shape index (κ3) is 11.1. The van der Waals surface area contributed by atoms with E-state index in [1.807, 2.05) is 0 Å². The van der Waals surface area contributed by atoms with Crippen LogP contribution in [-0.2, 0) is 9.47 Å². The van der Waals surface area contributed by atoms with Crippen LogP contribution in [0.25, 0.3) is 0 Å². The van der Waals surface area contributed by atoms with Gasteiger partial charge in [-0.1, -0.05) is 35.9 Å². The first-order valence-corrected chi connectivity index (χ1v) is 8.68. The van der Waals surface area contributed by atoms with Gasteiger partial charge in [-0.25, -0.2) is 9.18 Å². The van der Waals surface area contributed by atoms with Crippen LogP contribution in [0.5, 0.6) is 0 Å². The monoisotopic (exact) mass is 419 g/mol. The zero-order valence-corrected chi connectivity index (χ0v) is 14.8. The second-order valence-corrected chi connectivity index (χ2v) is 5.61. The Balaban J connectivity index is 4.18. The van der Waals surface area contributed by atoms with E-state index in [9.17, 15) is 9.18 Å². The summed E-state index contributed by atoms with van der Waals surface area (Å²) in [5.74, 6) is 0. The number of primary amides is 1. The normalized spacial score (nSPS) is 13.9. The lowest BCUT2D eigenvalue weighted by Gasteiger charge is -2.32. The number of ether oxygens (including phenoxy) is 2. The van der Waals surface area contributed by atoms with Gasteiger partial charge in [0.2, 0.25) is 0 Å². The van der Waals surface area contributed by atoms with Crippen molar-refractivity contribution < 1.29 is 18.7 Å². The van der Waals surface area contributed by atoms with Gasteiger partial charge >= 0.3 is 6.03 Å². The van der Waals surface area contributed by atoms with Gasteiger partial charge in [-0.2, -0.15) is 0 Å². The molecule has 126 valence electrons. The van der Waals surface area contributed by atoms with Gasteiger partial charge in [-0.05, 0) is 19.4 Å². The van der Waals surface area contributed by atoms with Crippen molar-refractivity contribution in [1.29, 1.82) is 0 Å². The first-order valence-electron chi connectivity index (χ1n) is 7.16. The van der Waals surface area contributed by atoms with E-state index in [0.717, 1.165) is 12.8 Å². The fourth-order valence-corrected chi connectivity index (χ4v) is 2.26. The lowest BCUT2D eigenvalue weighted by atomic mass is 10.1. The summed E-state index contributed by atoms with van der Waals surface area (Å²) in [7, 11) is 0. The lowest BCUT2D eigenvalue weighted by molar-refractivity contribution is 0.0203. The molecule has 6 nitrogen and oxygen atoms in total. The van der Waals surface area contributed by atoms with Gasteiger partial charge in [0.05, 0.1) is 18.8 Å². The Hall–Kier alpha value is -0.190. The zero-order chi connectivity index (χ0) is 16.0. The van der Waals surface area contributed by atoms with Gasteiger partial charge in [-0.15, -0.1) is 0 Å². The molecule has 0 aliphatic carbocycles. The van der Waals surface area contributed by atoms with Crippen LogP contribution < -0.4 is 16.4 Å². The molecule has 0 spiro atoms. The highest BCUT2D eigenvalue weighted by atomic mass is 127. The molecular formula is C13H27FIN3O3. The van der Waals surface area contributed by atoms with Crippen LogP contribution in [0.4, 0.5) is 9.18 Å². The molecule has 0 aliphatic rings. The quantitative estimate of drug-likeness (QED) is 0.173. The Labute approximate surface area is 139 Å². The van der Waals surface area contributed by atoms with Crippen LogP contribution in [0.1, 0.15) is 26.2 Å². The molecule has 8 heteroatoms. The maximum absolute atomic E-state index is 11.9. The lowest BCUT2D eigenvalue weighted by Crippen LogP contribution is -2.58. The molecule has 0 rings (SSSR count). The largest absolute Gasteiger partial charge is 0.379 e. The molecule has 1 atom stereocenters. The smallest absolute Gasteiger partial charge is 0.312 e. The number of carbonyl (C=O) groups excluding carboxylic acids is 1. The Bertz CT molecular complexity index is 275. The second-order valence-electron chi connectivity index (χ2n) is 4.85. The van der Waals surface area contributed by atoms with Crippen LogP contribution in [-0.4, -0.2) is 55.8 Å². The molecule has 0 saturated heterocycles. The number of hydrogen-bond donors (Lipinski definition) is 3. The number of rotatable bonds is 14. The van der Waals surface area contributed by atoms with Crippen LogP contribution in [0.2, 0.25) is 0 Å². The van der Waals surface area contributed by atoms with Gasteiger partial charge in [0.25, 0.3) is 0 Å². The van der Waals surface area contributed by atoms with Crippen LogP contribution in [0.15, 0.2) is 0 Å². The van der Waals surface area contributed by atoms with Gasteiger partial charge < -0.3 is 20.5 Å². The number of nitrogens with one attached hydrogen (secondary N) is 2. The minimum atomic E-state index is -0.617. The molecular weight excluding hydrogens is 392 g/mol. The molecule has 0 bridgehead atoms. The third-order valence-electron chi connectivity index (χ3n) is 2.78. The maximum Gasteiger partial charge on any atom is 0.312 e. The van der Waals surface area contributed by atoms with Crippen LogP contribution in [0.3, 0.4) is 0 Å². The number of carbonyl (C=O) groups is 1. The van der Waals surface area contributed by atoms with Gasteiger partial charge in [0, 0.05) is 17.6 Å². The van der Waals surface area contributed by atoms with Gasteiger partial charge in [-0.3, -0.25) is 5.32 Å². The molecule has 0 aromatic rings. The summed E-state index contributed by atoms with van der Waals surface area (Å²) in [5, 5.41) is 5.31. The molecule has 1 unspecified atom stereocenters. The molecule has 0 heterocycles. The Morgan fingerprint density at radius 2 is 1.90 bits per heavy atom. The summed E-state index contributed by atoms with van der Waals surface area (Å²) >= 11 is 2.18. The first kappa shape index (κ1) is 20.8. The summed E-state index contributed by atoms with van der Waals surface area (Å²) in [6.45, 7) is 3.93. The Morgan fingerprint density at radius 3 is 2.38 bits per heavy atom. The summed E-state index contributed by atoms with van der Waals surface area (Å²) < 4.78 is 23.7. The third-order valence-corrected chi connectivity index (χ3v) is 4.24. The number of amides is 2. The van der Waals surface area contributed by atoms with Crippen LogP contribution >= 0.6 is 22.6 Å². The molecule has 2 amide bonds. The zero-order valence-electron chi connectivity index (χ0n) is 12.6. The fraction of sp³-hybridized carbons (Fsp3) is 0.923. The van der Waals surface area contributed by atoms with Crippen molar-refractivity contribution in [2.75, 3.05) is 44.2 Å². The standard InChI is InChI=1S/C13H27FIN3O3/c1-2-3-6-20-9-13(8-15,18-12(16)19)10-21-7-4-5-17-11-14/h17H,2-11H2,1H3,(H3,16,18,19). The van der Waals surface area contributed by atoms with E-state index in [1.54, 1.807) is 0 Å². The van der Waals surface area contributed by atoms with Crippen molar-refractivity contribution in [3.63, 3.8) is 0 Å². The van der Waals surface area contributed by atoms with Crippen molar-refractivity contribution in [2.45, 2.75) is 31.7 Å². The SMILES string of the molecule is CCCCOCC(CI)(COCCCNCF)NC(N)=O. The summed E-state index contributed by atoms with van der Waals surface area (Å²) in [4.78, 5) is 11.2. The predicted octanol–water partition coefficient (Wildman–Crippen LogP) is 1.57. The predicted molar refractivity (Wildman–Crippen MR) is 89.5 cm³/mol. The van der Waals surface area contributed by atoms with Crippen molar-refractivity contribution in [3.05, 3.63) is 0 Å². The average Bonchev–Trinajstić information content (AvgIpc) is 2.46. The molecule has 4 N–H and O–H groups in total. The summed E-state index contributed by atoms with van der Waals surface area (Å²) in [6, 6.07) is -0.589. The molecule has 0 saturated carbocycles. The van der Waals surface area contributed by atoms with Crippen LogP contribution in [0, 0.1) is 0 Å². The topological polar surface area (TPSA) is 85.6 Å². The Kier molecular flexibility index (Phi) is 13.3. The number of halogens is 2. The van der Waals surface area contributed by atoms with E-state index in [0.29, 0.717) is 43.8 Å². The minimum absolute atomic E-state index is 0.320. The van der Waals surface area contributed by atoms with Crippen molar-refractivity contribution in [2.24, 2.45) is 5.73 Å². The van der Waals surface area contributed by atoms with E-state index >= 15 is 0 Å². The van der Waals surface area contributed by atoms with Gasteiger partial charge in [0.1, 0.15) is 6.80 Å². The van der Waals surface area contributed by atoms with Crippen molar-refractivity contribution in [1.82, 2.24) is 10.6 Å². The number of unbranched alkanes of at least 4 members (excludes halogenated alkanes) is 1. The highest BCUT2D eigenvalue weighted by Gasteiger charge is 2.31. The summed E-state index contributed by atoms with van der Waals surface area (Å²) in [5.41, 5.74) is 4.62. The van der Waals surface area contributed by atoms with E-state index < -0.39 is 18.4 Å². The van der Waals surface area contributed by atoms with Gasteiger partial charge in [0.15, 0.2) is 0 Å². The van der Waals surface area contributed by atoms with E-state index in [-0.39, 0.29) is 0 Å². The van der Waals surface area contributed by atoms with Crippen molar-refractivity contribution >= 4 is 28.6 Å². The number of urea groups is 1. The second kappa shape index (κ2) is 13.5. The number of alkyl halides is 2. The molecule has 0 aromatic heterocycles. The highest BCUT2D eigenvalue weighted by molar-refractivity contribution is 14.1. The molecule has 0 radical (unpaired) electrons. The minimum Gasteiger partial charge on any atom is -0.379 e. The molecule has 21 heavy (non-hydrogen) atoms.